The molecule has 0 amide bonds. The van der Waals surface area contributed by atoms with Crippen molar-refractivity contribution in [3.8, 4) is 5.75 Å². The maximum atomic E-state index is 11.2. The summed E-state index contributed by atoms with van der Waals surface area (Å²) in [6.07, 6.45) is -0.358. The summed E-state index contributed by atoms with van der Waals surface area (Å²) in [5.41, 5.74) is 0. The molecule has 0 aliphatic heterocycles. The first kappa shape index (κ1) is 15.2. The molecular formula is C11H13NaO4. The van der Waals surface area contributed by atoms with Crippen LogP contribution in [0.4, 0.5) is 0 Å². The summed E-state index contributed by atoms with van der Waals surface area (Å²) in [6, 6.07) is 8.58. The zero-order chi connectivity index (χ0) is 11.1. The average Bonchev–Trinajstić information content (AvgIpc) is 2.19. The van der Waals surface area contributed by atoms with Crippen molar-refractivity contribution in [2.75, 3.05) is 6.61 Å². The van der Waals surface area contributed by atoms with Crippen LogP contribution in [-0.4, -0.2) is 18.5 Å². The molecule has 0 aliphatic rings. The number of hydrogen-bond donors (Lipinski definition) is 0. The van der Waals surface area contributed by atoms with Crippen molar-refractivity contribution in [2.24, 2.45) is 0 Å². The first-order chi connectivity index (χ1) is 7.22. The molecule has 0 unspecified atom stereocenters. The second kappa shape index (κ2) is 8.33. The Morgan fingerprint density at radius 2 is 1.81 bits per heavy atom. The minimum absolute atomic E-state index is 0. The second-order valence-corrected chi connectivity index (χ2v) is 2.77. The number of hydrogen-bond acceptors (Lipinski definition) is 4. The molecule has 5 heteroatoms. The standard InChI is InChI=1S/C11H12O4.Na.H/c1-2-14-10(12)8-11(13)15-9-6-4-3-5-7-9;;/h3-7H,2,8H2,1H3;;/q;+1;-1. The van der Waals surface area contributed by atoms with Gasteiger partial charge in [-0.2, -0.15) is 0 Å². The van der Waals surface area contributed by atoms with Crippen LogP contribution >= 0.6 is 0 Å². The van der Waals surface area contributed by atoms with Crippen LogP contribution in [0.1, 0.15) is 14.8 Å². The van der Waals surface area contributed by atoms with Gasteiger partial charge in [0.1, 0.15) is 12.2 Å². The van der Waals surface area contributed by atoms with Crippen molar-refractivity contribution < 1.29 is 50.0 Å². The molecule has 0 spiro atoms. The van der Waals surface area contributed by atoms with Gasteiger partial charge in [0.05, 0.1) is 6.61 Å². The van der Waals surface area contributed by atoms with Gasteiger partial charge in [-0.3, -0.25) is 9.59 Å². The van der Waals surface area contributed by atoms with Crippen LogP contribution in [0.2, 0.25) is 0 Å². The van der Waals surface area contributed by atoms with Crippen molar-refractivity contribution in [3.05, 3.63) is 30.3 Å². The molecule has 0 atom stereocenters. The maximum absolute atomic E-state index is 11.2. The van der Waals surface area contributed by atoms with E-state index in [1.54, 1.807) is 31.2 Å². The molecule has 0 radical (unpaired) electrons. The first-order valence-electron chi connectivity index (χ1n) is 4.63. The molecule has 0 N–H and O–H groups in total. The Kier molecular flexibility index (Phi) is 7.89. The molecule has 16 heavy (non-hydrogen) atoms. The Morgan fingerprint density at radius 3 is 2.38 bits per heavy atom. The van der Waals surface area contributed by atoms with E-state index in [1.165, 1.54) is 0 Å². The second-order valence-electron chi connectivity index (χ2n) is 2.77. The van der Waals surface area contributed by atoms with Crippen LogP contribution in [-0.2, 0) is 14.3 Å². The Labute approximate surface area is 118 Å². The van der Waals surface area contributed by atoms with Gasteiger partial charge in [-0.05, 0) is 19.1 Å². The molecule has 1 aromatic carbocycles. The number of ether oxygens (including phenoxy) is 2. The molecule has 0 aromatic heterocycles. The summed E-state index contributed by atoms with van der Waals surface area (Å²) in [7, 11) is 0. The molecule has 0 heterocycles. The van der Waals surface area contributed by atoms with Crippen LogP contribution in [0, 0.1) is 0 Å². The Bertz CT molecular complexity index is 343. The van der Waals surface area contributed by atoms with E-state index in [-0.39, 0.29) is 44.0 Å². The predicted molar refractivity (Wildman–Crippen MR) is 54.4 cm³/mol. The summed E-state index contributed by atoms with van der Waals surface area (Å²) in [6.45, 7) is 1.94. The van der Waals surface area contributed by atoms with Crippen LogP contribution in [0.5, 0.6) is 5.75 Å². The van der Waals surface area contributed by atoms with Crippen LogP contribution in [0.25, 0.3) is 0 Å². The van der Waals surface area contributed by atoms with Crippen molar-refractivity contribution in [2.45, 2.75) is 13.3 Å². The summed E-state index contributed by atoms with van der Waals surface area (Å²) in [4.78, 5) is 22.1. The Balaban J connectivity index is 0. The van der Waals surface area contributed by atoms with Crippen LogP contribution in [0.15, 0.2) is 30.3 Å². The number of carbonyl (C=O) groups is 2. The molecule has 0 fully saturated rings. The van der Waals surface area contributed by atoms with Crippen molar-refractivity contribution in [3.63, 3.8) is 0 Å². The molecular weight excluding hydrogens is 219 g/mol. The predicted octanol–water partition coefficient (Wildman–Crippen LogP) is -1.34. The Morgan fingerprint density at radius 1 is 1.19 bits per heavy atom. The number of para-hydroxylation sites is 1. The monoisotopic (exact) mass is 232 g/mol. The summed E-state index contributed by atoms with van der Waals surface area (Å²) in [5, 5.41) is 0. The van der Waals surface area contributed by atoms with Crippen molar-refractivity contribution in [1.29, 1.82) is 0 Å². The third kappa shape index (κ3) is 5.90. The van der Waals surface area contributed by atoms with E-state index in [2.05, 4.69) is 4.74 Å². The third-order valence-electron chi connectivity index (χ3n) is 1.57. The number of benzene rings is 1. The normalized spacial score (nSPS) is 8.81. The van der Waals surface area contributed by atoms with Crippen molar-refractivity contribution in [1.82, 2.24) is 0 Å². The van der Waals surface area contributed by atoms with Crippen LogP contribution in [0.3, 0.4) is 0 Å². The van der Waals surface area contributed by atoms with Gasteiger partial charge in [-0.1, -0.05) is 18.2 Å². The number of carbonyl (C=O) groups excluding carboxylic acids is 2. The zero-order valence-corrected chi connectivity index (χ0v) is 11.4. The van der Waals surface area contributed by atoms with Gasteiger partial charge < -0.3 is 10.9 Å². The fourth-order valence-electron chi connectivity index (χ4n) is 0.986. The van der Waals surface area contributed by atoms with Gasteiger partial charge in [0, 0.05) is 0 Å². The van der Waals surface area contributed by atoms with E-state index in [0.29, 0.717) is 5.75 Å². The van der Waals surface area contributed by atoms with E-state index in [1.807, 2.05) is 6.07 Å². The third-order valence-corrected chi connectivity index (χ3v) is 1.57. The van der Waals surface area contributed by atoms with E-state index in [0.717, 1.165) is 0 Å². The average molecular weight is 232 g/mol. The van der Waals surface area contributed by atoms with Gasteiger partial charge in [0.2, 0.25) is 0 Å². The Hall–Kier alpha value is -0.840. The van der Waals surface area contributed by atoms with Gasteiger partial charge in [-0.25, -0.2) is 0 Å². The summed E-state index contributed by atoms with van der Waals surface area (Å²) < 4.78 is 9.50. The fraction of sp³-hybridized carbons (Fsp3) is 0.273. The summed E-state index contributed by atoms with van der Waals surface area (Å²) in [5.74, 6) is -0.759. The molecule has 1 rings (SSSR count). The topological polar surface area (TPSA) is 52.6 Å². The largest absolute Gasteiger partial charge is 1.00 e. The number of esters is 2. The molecule has 0 bridgehead atoms. The fourth-order valence-corrected chi connectivity index (χ4v) is 0.986. The molecule has 4 nitrogen and oxygen atoms in total. The summed E-state index contributed by atoms with van der Waals surface area (Å²) >= 11 is 0. The molecule has 0 aliphatic carbocycles. The van der Waals surface area contributed by atoms with Gasteiger partial charge >= 0.3 is 41.5 Å². The minimum atomic E-state index is -0.611. The number of rotatable bonds is 4. The van der Waals surface area contributed by atoms with Crippen molar-refractivity contribution >= 4 is 11.9 Å². The minimum Gasteiger partial charge on any atom is -1.00 e. The molecule has 82 valence electrons. The maximum Gasteiger partial charge on any atom is 1.00 e. The van der Waals surface area contributed by atoms with Gasteiger partial charge in [-0.15, -0.1) is 0 Å². The smallest absolute Gasteiger partial charge is 1.00 e. The quantitative estimate of drug-likeness (QED) is 0.279. The van der Waals surface area contributed by atoms with Gasteiger partial charge in [0.15, 0.2) is 0 Å². The molecule has 0 saturated carbocycles. The van der Waals surface area contributed by atoms with E-state index in [9.17, 15) is 9.59 Å². The van der Waals surface area contributed by atoms with Gasteiger partial charge in [0.25, 0.3) is 0 Å². The molecule has 0 saturated heterocycles. The van der Waals surface area contributed by atoms with E-state index < -0.39 is 11.9 Å². The first-order valence-corrected chi connectivity index (χ1v) is 4.63. The SMILES string of the molecule is CCOC(=O)CC(=O)Oc1ccccc1.[H-].[Na+]. The zero-order valence-electron chi connectivity index (χ0n) is 10.4. The van der Waals surface area contributed by atoms with E-state index >= 15 is 0 Å². The molecule has 1 aromatic rings. The van der Waals surface area contributed by atoms with Crippen LogP contribution < -0.4 is 34.3 Å². The van der Waals surface area contributed by atoms with E-state index in [4.69, 9.17) is 4.74 Å².